The van der Waals surface area contributed by atoms with Crippen LogP contribution in [0.5, 0.6) is 0 Å². The summed E-state index contributed by atoms with van der Waals surface area (Å²) in [6.07, 6.45) is 3.25. The molecule has 1 aromatic carbocycles. The summed E-state index contributed by atoms with van der Waals surface area (Å²) in [5, 5.41) is 7.72. The van der Waals surface area contributed by atoms with Gasteiger partial charge < -0.3 is 14.6 Å². The SMILES string of the molecule is C1=COCO1.CCC(=O)O.c1ccccc1. The number of hydrogen-bond acceptors (Lipinski definition) is 3. The number of rotatable bonds is 1. The normalized spacial score (nSPS) is 10.8. The summed E-state index contributed by atoms with van der Waals surface area (Å²) in [4.78, 5) is 9.37. The van der Waals surface area contributed by atoms with Crippen LogP contribution in [0.4, 0.5) is 0 Å². The van der Waals surface area contributed by atoms with Crippen LogP contribution in [-0.2, 0) is 14.3 Å². The fourth-order valence-corrected chi connectivity index (χ4v) is 0.581. The molecule has 88 valence electrons. The Morgan fingerprint density at radius 1 is 1.06 bits per heavy atom. The minimum Gasteiger partial charge on any atom is -0.481 e. The summed E-state index contributed by atoms with van der Waals surface area (Å²) in [6, 6.07) is 12.0. The summed E-state index contributed by atoms with van der Waals surface area (Å²) in [7, 11) is 0. The van der Waals surface area contributed by atoms with Crippen LogP contribution in [0.25, 0.3) is 0 Å². The van der Waals surface area contributed by atoms with Crippen molar-refractivity contribution in [2.24, 2.45) is 0 Å². The Balaban J connectivity index is 0.000000213. The third kappa shape index (κ3) is 12.0. The van der Waals surface area contributed by atoms with Gasteiger partial charge in [0.15, 0.2) is 0 Å². The first-order valence-electron chi connectivity index (χ1n) is 4.87. The van der Waals surface area contributed by atoms with Crippen molar-refractivity contribution in [1.82, 2.24) is 0 Å². The molecule has 0 unspecified atom stereocenters. The summed E-state index contributed by atoms with van der Waals surface area (Å²) < 4.78 is 9.08. The van der Waals surface area contributed by atoms with Crippen molar-refractivity contribution in [1.29, 1.82) is 0 Å². The quantitative estimate of drug-likeness (QED) is 0.796. The first-order valence-corrected chi connectivity index (χ1v) is 4.87. The van der Waals surface area contributed by atoms with Crippen molar-refractivity contribution >= 4 is 5.97 Å². The van der Waals surface area contributed by atoms with Crippen molar-refractivity contribution in [3.63, 3.8) is 0 Å². The fraction of sp³-hybridized carbons (Fsp3) is 0.250. The molecule has 0 bridgehead atoms. The number of carboxylic acid groups (broad SMARTS) is 1. The molecule has 4 nitrogen and oxygen atoms in total. The predicted molar refractivity (Wildman–Crippen MR) is 60.5 cm³/mol. The zero-order valence-electron chi connectivity index (χ0n) is 9.20. The molecule has 0 fully saturated rings. The first kappa shape index (κ1) is 14.0. The Hall–Kier alpha value is -1.97. The molecule has 0 spiro atoms. The molecule has 0 aromatic heterocycles. The first-order chi connectivity index (χ1) is 7.77. The maximum Gasteiger partial charge on any atom is 0.303 e. The van der Waals surface area contributed by atoms with Crippen molar-refractivity contribution < 1.29 is 19.4 Å². The van der Waals surface area contributed by atoms with Crippen LogP contribution in [-0.4, -0.2) is 17.9 Å². The second-order valence-corrected chi connectivity index (χ2v) is 2.63. The molecule has 1 aromatic rings. The molecule has 0 atom stereocenters. The van der Waals surface area contributed by atoms with Gasteiger partial charge in [-0.2, -0.15) is 0 Å². The zero-order chi connectivity index (χ0) is 12.1. The van der Waals surface area contributed by atoms with Gasteiger partial charge in [0.2, 0.25) is 6.79 Å². The van der Waals surface area contributed by atoms with Crippen LogP contribution in [0, 0.1) is 0 Å². The van der Waals surface area contributed by atoms with Gasteiger partial charge >= 0.3 is 5.97 Å². The van der Waals surface area contributed by atoms with E-state index in [1.807, 2.05) is 36.4 Å². The average Bonchev–Trinajstić information content (AvgIpc) is 2.91. The third-order valence-corrected chi connectivity index (χ3v) is 1.35. The predicted octanol–water partition coefficient (Wildman–Crippen LogP) is 2.63. The molecule has 16 heavy (non-hydrogen) atoms. The van der Waals surface area contributed by atoms with E-state index in [2.05, 4.69) is 9.47 Å². The second kappa shape index (κ2) is 11.1. The van der Waals surface area contributed by atoms with Crippen molar-refractivity contribution in [2.45, 2.75) is 13.3 Å². The molecule has 0 aliphatic carbocycles. The van der Waals surface area contributed by atoms with Gasteiger partial charge in [0, 0.05) is 6.42 Å². The van der Waals surface area contributed by atoms with Gasteiger partial charge in [-0.1, -0.05) is 43.3 Å². The van der Waals surface area contributed by atoms with Crippen LogP contribution in [0.3, 0.4) is 0 Å². The number of hydrogen-bond donors (Lipinski definition) is 1. The lowest BCUT2D eigenvalue weighted by atomic mass is 10.4. The maximum atomic E-state index is 9.37. The molecule has 1 N–H and O–H groups in total. The number of carbonyl (C=O) groups is 1. The molecule has 4 heteroatoms. The van der Waals surface area contributed by atoms with Crippen LogP contribution in [0.2, 0.25) is 0 Å². The molecule has 1 aliphatic rings. The Labute approximate surface area is 95.1 Å². The van der Waals surface area contributed by atoms with Gasteiger partial charge in [-0.05, 0) is 0 Å². The lowest BCUT2D eigenvalue weighted by Gasteiger charge is -1.82. The Bertz CT molecular complexity index is 250. The van der Waals surface area contributed by atoms with E-state index in [4.69, 9.17) is 5.11 Å². The minimum absolute atomic E-state index is 0.222. The van der Waals surface area contributed by atoms with E-state index in [0.29, 0.717) is 6.79 Å². The molecular weight excluding hydrogens is 208 g/mol. The van der Waals surface area contributed by atoms with Gasteiger partial charge in [0.25, 0.3) is 0 Å². The molecule has 2 rings (SSSR count). The van der Waals surface area contributed by atoms with E-state index >= 15 is 0 Å². The van der Waals surface area contributed by atoms with Crippen molar-refractivity contribution in [3.8, 4) is 0 Å². The molecule has 0 saturated heterocycles. The van der Waals surface area contributed by atoms with Gasteiger partial charge in [-0.15, -0.1) is 0 Å². The molecular formula is C12H16O4. The zero-order valence-corrected chi connectivity index (χ0v) is 9.20. The van der Waals surface area contributed by atoms with E-state index in [1.165, 1.54) is 12.5 Å². The van der Waals surface area contributed by atoms with Gasteiger partial charge in [0.05, 0.1) is 0 Å². The highest BCUT2D eigenvalue weighted by atomic mass is 16.7. The smallest absolute Gasteiger partial charge is 0.303 e. The van der Waals surface area contributed by atoms with E-state index in [-0.39, 0.29) is 6.42 Å². The van der Waals surface area contributed by atoms with Crippen LogP contribution < -0.4 is 0 Å². The number of ether oxygens (including phenoxy) is 2. The largest absolute Gasteiger partial charge is 0.481 e. The standard InChI is InChI=1S/C6H6.C3H4O2.C3H6O2/c1-2-4-6-5-3-1;1-2-5-3-4-1;1-2-3(4)5/h1-6H;1-2H,3H2;2H2,1H3,(H,4,5). The minimum atomic E-state index is -0.745. The number of aliphatic carboxylic acids is 1. The number of carboxylic acids is 1. The topological polar surface area (TPSA) is 55.8 Å². The van der Waals surface area contributed by atoms with Crippen LogP contribution in [0.15, 0.2) is 48.9 Å². The van der Waals surface area contributed by atoms with E-state index < -0.39 is 5.97 Å². The lowest BCUT2D eigenvalue weighted by molar-refractivity contribution is -0.136. The van der Waals surface area contributed by atoms with Crippen LogP contribution in [0.1, 0.15) is 13.3 Å². The summed E-state index contributed by atoms with van der Waals surface area (Å²) in [5.41, 5.74) is 0. The van der Waals surface area contributed by atoms with Crippen LogP contribution >= 0.6 is 0 Å². The summed E-state index contributed by atoms with van der Waals surface area (Å²) in [6.45, 7) is 1.99. The van der Waals surface area contributed by atoms with E-state index in [0.717, 1.165) is 0 Å². The lowest BCUT2D eigenvalue weighted by Crippen LogP contribution is -1.86. The number of benzene rings is 1. The van der Waals surface area contributed by atoms with E-state index in [1.54, 1.807) is 6.92 Å². The Morgan fingerprint density at radius 3 is 1.50 bits per heavy atom. The molecule has 1 aliphatic heterocycles. The molecule has 0 amide bonds. The van der Waals surface area contributed by atoms with E-state index in [9.17, 15) is 4.79 Å². The molecule has 0 radical (unpaired) electrons. The fourth-order valence-electron chi connectivity index (χ4n) is 0.581. The molecule has 0 saturated carbocycles. The maximum absolute atomic E-state index is 9.37. The summed E-state index contributed by atoms with van der Waals surface area (Å²) in [5.74, 6) is -0.745. The van der Waals surface area contributed by atoms with Gasteiger partial charge in [-0.3, -0.25) is 4.79 Å². The Kier molecular flexibility index (Phi) is 9.74. The van der Waals surface area contributed by atoms with Gasteiger partial charge in [-0.25, -0.2) is 0 Å². The Morgan fingerprint density at radius 2 is 1.38 bits per heavy atom. The summed E-state index contributed by atoms with van der Waals surface area (Å²) >= 11 is 0. The van der Waals surface area contributed by atoms with Gasteiger partial charge in [0.1, 0.15) is 12.5 Å². The second-order valence-electron chi connectivity index (χ2n) is 2.63. The molecule has 1 heterocycles. The highest BCUT2D eigenvalue weighted by Crippen LogP contribution is 1.88. The van der Waals surface area contributed by atoms with Crippen molar-refractivity contribution in [2.75, 3.05) is 6.79 Å². The highest BCUT2D eigenvalue weighted by Gasteiger charge is 1.82. The highest BCUT2D eigenvalue weighted by molar-refractivity contribution is 5.66. The van der Waals surface area contributed by atoms with Crippen molar-refractivity contribution in [3.05, 3.63) is 48.9 Å². The third-order valence-electron chi connectivity index (χ3n) is 1.35. The monoisotopic (exact) mass is 224 g/mol. The average molecular weight is 224 g/mol.